The molecule has 1 fully saturated rings. The number of hydrogen-bond donors (Lipinski definition) is 1. The van der Waals surface area contributed by atoms with E-state index in [1.165, 1.54) is 24.6 Å². The van der Waals surface area contributed by atoms with Gasteiger partial charge in [-0.2, -0.15) is 0 Å². The number of benzene rings is 1. The quantitative estimate of drug-likeness (QED) is 0.528. The third-order valence-electron chi connectivity index (χ3n) is 4.86. The highest BCUT2D eigenvalue weighted by Crippen LogP contribution is 2.32. The Balaban J connectivity index is 1.83. The molecule has 3 rings (SSSR count). The van der Waals surface area contributed by atoms with E-state index in [9.17, 15) is 9.59 Å². The van der Waals surface area contributed by atoms with Gasteiger partial charge in [0.2, 0.25) is 5.91 Å². The molecule has 1 heterocycles. The van der Waals surface area contributed by atoms with Crippen LogP contribution in [0.2, 0.25) is 5.02 Å². The Bertz CT molecular complexity index is 893. The molecule has 1 amide bonds. The highest BCUT2D eigenvalue weighted by Gasteiger charge is 2.28. The number of carbonyl (C=O) groups is 1. The highest BCUT2D eigenvalue weighted by molar-refractivity contribution is 7.99. The Labute approximate surface area is 168 Å². The third kappa shape index (κ3) is 5.26. The Morgan fingerprint density at radius 2 is 2.11 bits per heavy atom. The highest BCUT2D eigenvalue weighted by atomic mass is 35.5. The molecule has 0 spiro atoms. The summed E-state index contributed by atoms with van der Waals surface area (Å²) >= 11 is 7.38. The molecular formula is C20H26ClN3O2S. The molecule has 5 nitrogen and oxygen atoms in total. The fourth-order valence-electron chi connectivity index (χ4n) is 3.01. The molecule has 27 heavy (non-hydrogen) atoms. The first-order valence-electron chi connectivity index (χ1n) is 9.47. The second-order valence-electron chi connectivity index (χ2n) is 7.68. The predicted octanol–water partition coefficient (Wildman–Crippen LogP) is 4.10. The van der Waals surface area contributed by atoms with Crippen molar-refractivity contribution in [1.82, 2.24) is 14.9 Å². The van der Waals surface area contributed by atoms with Crippen LogP contribution in [0.25, 0.3) is 10.9 Å². The summed E-state index contributed by atoms with van der Waals surface area (Å²) in [5, 5.41) is 4.72. The van der Waals surface area contributed by atoms with E-state index in [0.717, 1.165) is 6.42 Å². The van der Waals surface area contributed by atoms with Crippen LogP contribution < -0.4 is 10.9 Å². The third-order valence-corrected chi connectivity index (χ3v) is 6.07. The monoisotopic (exact) mass is 407 g/mol. The summed E-state index contributed by atoms with van der Waals surface area (Å²) in [5.74, 6) is 1.31. The smallest absolute Gasteiger partial charge is 0.262 e. The number of amides is 1. The lowest BCUT2D eigenvalue weighted by Gasteiger charge is -2.15. The fourth-order valence-corrected chi connectivity index (χ4v) is 4.01. The maximum atomic E-state index is 13.0. The molecule has 0 radical (unpaired) electrons. The van der Waals surface area contributed by atoms with E-state index in [-0.39, 0.29) is 23.3 Å². The first-order valence-corrected chi connectivity index (χ1v) is 10.8. The molecule has 0 unspecified atom stereocenters. The van der Waals surface area contributed by atoms with E-state index in [0.29, 0.717) is 39.5 Å². The predicted molar refractivity (Wildman–Crippen MR) is 112 cm³/mol. The van der Waals surface area contributed by atoms with E-state index < -0.39 is 0 Å². The molecule has 1 aromatic heterocycles. The van der Waals surface area contributed by atoms with Crippen LogP contribution in [0.3, 0.4) is 0 Å². The molecule has 1 atom stereocenters. The molecule has 0 aliphatic heterocycles. The van der Waals surface area contributed by atoms with Crippen molar-refractivity contribution in [3.63, 3.8) is 0 Å². The SMILES string of the molecule is CC(C)CCn1c(SCC(=O)N[C@@H](C)C2CC2)nc2cc(Cl)ccc2c1=O. The Morgan fingerprint density at radius 1 is 1.37 bits per heavy atom. The number of nitrogens with zero attached hydrogens (tertiary/aromatic N) is 2. The van der Waals surface area contributed by atoms with Gasteiger partial charge in [0.1, 0.15) is 0 Å². The lowest BCUT2D eigenvalue weighted by molar-refractivity contribution is -0.119. The van der Waals surface area contributed by atoms with E-state index in [4.69, 9.17) is 11.6 Å². The van der Waals surface area contributed by atoms with Crippen molar-refractivity contribution < 1.29 is 4.79 Å². The summed E-state index contributed by atoms with van der Waals surface area (Å²) in [6.07, 6.45) is 3.26. The average Bonchev–Trinajstić information content (AvgIpc) is 3.44. The van der Waals surface area contributed by atoms with Crippen molar-refractivity contribution >= 4 is 40.2 Å². The minimum Gasteiger partial charge on any atom is -0.353 e. The minimum atomic E-state index is -0.0772. The van der Waals surface area contributed by atoms with Crippen LogP contribution >= 0.6 is 23.4 Å². The van der Waals surface area contributed by atoms with Crippen LogP contribution in [0.4, 0.5) is 0 Å². The molecule has 0 saturated heterocycles. The van der Waals surface area contributed by atoms with Crippen LogP contribution in [-0.2, 0) is 11.3 Å². The Hall–Kier alpha value is -1.53. The fraction of sp³-hybridized carbons (Fsp3) is 0.550. The van der Waals surface area contributed by atoms with Gasteiger partial charge < -0.3 is 5.32 Å². The zero-order chi connectivity index (χ0) is 19.6. The van der Waals surface area contributed by atoms with Crippen LogP contribution in [0.5, 0.6) is 0 Å². The molecule has 0 bridgehead atoms. The van der Waals surface area contributed by atoms with Gasteiger partial charge in [-0.1, -0.05) is 37.2 Å². The van der Waals surface area contributed by atoms with Gasteiger partial charge in [-0.15, -0.1) is 0 Å². The van der Waals surface area contributed by atoms with Gasteiger partial charge >= 0.3 is 0 Å². The van der Waals surface area contributed by atoms with Gasteiger partial charge in [-0.3, -0.25) is 14.2 Å². The number of hydrogen-bond acceptors (Lipinski definition) is 4. The summed E-state index contributed by atoms with van der Waals surface area (Å²) in [7, 11) is 0. The molecule has 1 saturated carbocycles. The van der Waals surface area contributed by atoms with Crippen LogP contribution in [0, 0.1) is 11.8 Å². The maximum Gasteiger partial charge on any atom is 0.262 e. The largest absolute Gasteiger partial charge is 0.353 e. The van der Waals surface area contributed by atoms with Gasteiger partial charge in [-0.05, 0) is 56.2 Å². The molecule has 2 aromatic rings. The number of aromatic nitrogens is 2. The van der Waals surface area contributed by atoms with Crippen molar-refractivity contribution in [1.29, 1.82) is 0 Å². The number of nitrogens with one attached hydrogen (secondary N) is 1. The maximum absolute atomic E-state index is 13.0. The normalized spacial score (nSPS) is 15.3. The van der Waals surface area contributed by atoms with Crippen LogP contribution in [0.1, 0.15) is 40.0 Å². The summed E-state index contributed by atoms with van der Waals surface area (Å²) in [6.45, 7) is 6.89. The summed E-state index contributed by atoms with van der Waals surface area (Å²) in [4.78, 5) is 29.9. The molecule has 1 aromatic carbocycles. The number of carbonyl (C=O) groups excluding carboxylic acids is 1. The summed E-state index contributed by atoms with van der Waals surface area (Å²) < 4.78 is 1.69. The number of rotatable bonds is 8. The first-order chi connectivity index (χ1) is 12.8. The molecule has 1 aliphatic rings. The second kappa shape index (κ2) is 8.65. The first kappa shape index (κ1) is 20.2. The minimum absolute atomic E-state index is 0.0183. The van der Waals surface area contributed by atoms with Gasteiger partial charge in [0.15, 0.2) is 5.16 Å². The van der Waals surface area contributed by atoms with Gasteiger partial charge in [0, 0.05) is 17.6 Å². The van der Waals surface area contributed by atoms with Crippen molar-refractivity contribution in [2.45, 2.75) is 57.8 Å². The Kier molecular flexibility index (Phi) is 6.48. The van der Waals surface area contributed by atoms with Crippen molar-refractivity contribution in [2.75, 3.05) is 5.75 Å². The van der Waals surface area contributed by atoms with Crippen LogP contribution in [0.15, 0.2) is 28.2 Å². The molecule has 1 aliphatic carbocycles. The van der Waals surface area contributed by atoms with Crippen molar-refractivity contribution in [2.24, 2.45) is 11.8 Å². The summed E-state index contributed by atoms with van der Waals surface area (Å²) in [5.41, 5.74) is 0.495. The van der Waals surface area contributed by atoms with Gasteiger partial charge in [0.05, 0.1) is 16.7 Å². The zero-order valence-corrected chi connectivity index (χ0v) is 17.6. The molecule has 1 N–H and O–H groups in total. The topological polar surface area (TPSA) is 64.0 Å². The van der Waals surface area contributed by atoms with E-state index in [2.05, 4.69) is 31.1 Å². The number of thioether (sulfide) groups is 1. The van der Waals surface area contributed by atoms with E-state index in [1.807, 2.05) is 0 Å². The number of fused-ring (bicyclic) bond motifs is 1. The molecule has 7 heteroatoms. The lowest BCUT2D eigenvalue weighted by Crippen LogP contribution is -2.35. The van der Waals surface area contributed by atoms with Crippen molar-refractivity contribution in [3.8, 4) is 0 Å². The van der Waals surface area contributed by atoms with Gasteiger partial charge in [0.25, 0.3) is 5.56 Å². The average molecular weight is 408 g/mol. The number of halogens is 1. The van der Waals surface area contributed by atoms with E-state index >= 15 is 0 Å². The van der Waals surface area contributed by atoms with E-state index in [1.54, 1.807) is 22.8 Å². The summed E-state index contributed by atoms with van der Waals surface area (Å²) in [6, 6.07) is 5.34. The second-order valence-corrected chi connectivity index (χ2v) is 9.06. The molecular weight excluding hydrogens is 382 g/mol. The van der Waals surface area contributed by atoms with Crippen molar-refractivity contribution in [3.05, 3.63) is 33.6 Å². The zero-order valence-electron chi connectivity index (χ0n) is 16.0. The standard InChI is InChI=1S/C20H26ClN3O2S/c1-12(2)8-9-24-19(26)16-7-6-15(21)10-17(16)23-20(24)27-11-18(25)22-13(3)14-4-5-14/h6-7,10,12-14H,4-5,8-9,11H2,1-3H3,(H,22,25)/t13-/m0/s1. The Morgan fingerprint density at radius 3 is 2.78 bits per heavy atom. The lowest BCUT2D eigenvalue weighted by atomic mass is 10.1. The molecule has 146 valence electrons. The van der Waals surface area contributed by atoms with Crippen LogP contribution in [-0.4, -0.2) is 27.3 Å². The van der Waals surface area contributed by atoms with Gasteiger partial charge in [-0.25, -0.2) is 4.98 Å².